The van der Waals surface area contributed by atoms with Crippen molar-refractivity contribution in [2.45, 2.75) is 56.8 Å². The number of nitrogens with one attached hydrogen (secondary N) is 5. The van der Waals surface area contributed by atoms with Crippen LogP contribution in [0.4, 0.5) is 0 Å². The molecule has 0 radical (unpaired) electrons. The van der Waals surface area contributed by atoms with E-state index < -0.39 is 60.2 Å². The second kappa shape index (κ2) is 13.2. The molecule has 39 heavy (non-hydrogen) atoms. The smallest absolute Gasteiger partial charge is 0.326 e. The van der Waals surface area contributed by atoms with Crippen molar-refractivity contribution >= 4 is 40.6 Å². The van der Waals surface area contributed by atoms with E-state index in [0.717, 1.165) is 16.5 Å². The number of carboxylic acids is 2. The van der Waals surface area contributed by atoms with E-state index in [1.54, 1.807) is 6.20 Å². The number of aliphatic carboxylic acids is 2. The van der Waals surface area contributed by atoms with Crippen LogP contribution in [0.3, 0.4) is 0 Å². The molecule has 3 aromatic rings. The van der Waals surface area contributed by atoms with Gasteiger partial charge in [-0.3, -0.25) is 19.2 Å². The maximum absolute atomic E-state index is 12.9. The molecule has 2 aromatic heterocycles. The number of carboxylic acid groups (broad SMARTS) is 2. The Labute approximate surface area is 222 Å². The molecule has 4 atom stereocenters. The van der Waals surface area contributed by atoms with Crippen molar-refractivity contribution in [3.63, 3.8) is 0 Å². The number of carbonyl (C=O) groups is 5. The van der Waals surface area contributed by atoms with Gasteiger partial charge in [0.25, 0.3) is 0 Å². The Hall–Kier alpha value is -4.72. The van der Waals surface area contributed by atoms with E-state index in [2.05, 4.69) is 30.9 Å². The molecule has 14 heteroatoms. The number of hydrogen-bond acceptors (Lipinski definition) is 7. The molecule has 3 amide bonds. The molecule has 0 fully saturated rings. The number of rotatable bonds is 14. The number of aromatic amines is 2. The number of H-pyrrole nitrogens is 2. The SMILES string of the molecule is CC(NC(=O)C(N)Cc1c[nH]c2ccccc12)C(=O)NC(CCC(=O)O)C(=O)NC(Cc1cnc[nH]1)C(=O)O. The molecule has 0 aliphatic carbocycles. The van der Waals surface area contributed by atoms with Crippen LogP contribution in [-0.2, 0) is 36.8 Å². The number of aromatic nitrogens is 3. The molecule has 0 spiro atoms. The van der Waals surface area contributed by atoms with E-state index in [1.165, 1.54) is 19.4 Å². The van der Waals surface area contributed by atoms with Crippen molar-refractivity contribution in [1.29, 1.82) is 0 Å². The maximum Gasteiger partial charge on any atom is 0.326 e. The topological polar surface area (TPSA) is 232 Å². The minimum atomic E-state index is -1.36. The molecule has 0 saturated heterocycles. The Kier molecular flexibility index (Phi) is 9.75. The summed E-state index contributed by atoms with van der Waals surface area (Å²) in [6, 6.07) is 2.72. The van der Waals surface area contributed by atoms with Crippen LogP contribution in [0.5, 0.6) is 0 Å². The van der Waals surface area contributed by atoms with Crippen LogP contribution in [0.1, 0.15) is 31.0 Å². The largest absolute Gasteiger partial charge is 0.481 e. The highest BCUT2D eigenvalue weighted by molar-refractivity contribution is 5.94. The van der Waals surface area contributed by atoms with Gasteiger partial charge in [0, 0.05) is 41.8 Å². The summed E-state index contributed by atoms with van der Waals surface area (Å²) in [6.07, 6.45) is 3.85. The predicted octanol–water partition coefficient (Wildman–Crippen LogP) is -0.573. The number of para-hydroxylation sites is 1. The van der Waals surface area contributed by atoms with Crippen molar-refractivity contribution in [2.24, 2.45) is 5.73 Å². The van der Waals surface area contributed by atoms with Gasteiger partial charge >= 0.3 is 11.9 Å². The van der Waals surface area contributed by atoms with Crippen LogP contribution < -0.4 is 21.7 Å². The quantitative estimate of drug-likeness (QED) is 0.130. The normalized spacial score (nSPS) is 14.1. The average Bonchev–Trinajstić information content (AvgIpc) is 3.55. The minimum Gasteiger partial charge on any atom is -0.481 e. The highest BCUT2D eigenvalue weighted by Gasteiger charge is 2.29. The predicted molar refractivity (Wildman–Crippen MR) is 138 cm³/mol. The fourth-order valence-corrected chi connectivity index (χ4v) is 3.94. The second-order valence-electron chi connectivity index (χ2n) is 9.07. The van der Waals surface area contributed by atoms with Gasteiger partial charge in [0.15, 0.2) is 0 Å². The molecule has 0 saturated carbocycles. The van der Waals surface area contributed by atoms with Gasteiger partial charge in [-0.2, -0.15) is 0 Å². The number of carbonyl (C=O) groups excluding carboxylic acids is 3. The molecule has 208 valence electrons. The number of nitrogens with two attached hydrogens (primary N) is 1. The number of imidazole rings is 1. The van der Waals surface area contributed by atoms with E-state index in [0.29, 0.717) is 5.69 Å². The Morgan fingerprint density at radius 3 is 2.33 bits per heavy atom. The van der Waals surface area contributed by atoms with Gasteiger partial charge < -0.3 is 41.9 Å². The second-order valence-corrected chi connectivity index (χ2v) is 9.07. The first-order valence-electron chi connectivity index (χ1n) is 12.2. The molecule has 4 unspecified atom stereocenters. The standard InChI is InChI=1S/C25H31N7O7/c1-13(30-23(36)17(26)8-14-10-28-18-5-3-2-4-16(14)18)22(35)31-19(6-7-21(33)34)24(37)32-20(25(38)39)9-15-11-27-12-29-15/h2-5,10-13,17,19-20,28H,6-9,26H2,1H3,(H,27,29)(H,30,36)(H,31,35)(H,32,37)(H,33,34)(H,38,39). The Balaban J connectivity index is 1.60. The van der Waals surface area contributed by atoms with Crippen molar-refractivity contribution in [2.75, 3.05) is 0 Å². The fraction of sp³-hybridized carbons (Fsp3) is 0.360. The van der Waals surface area contributed by atoms with E-state index in [-0.39, 0.29) is 19.3 Å². The molecule has 2 heterocycles. The maximum atomic E-state index is 12.9. The summed E-state index contributed by atoms with van der Waals surface area (Å²) in [7, 11) is 0. The lowest BCUT2D eigenvalue weighted by Gasteiger charge is -2.23. The van der Waals surface area contributed by atoms with E-state index >= 15 is 0 Å². The van der Waals surface area contributed by atoms with Gasteiger partial charge in [0.2, 0.25) is 17.7 Å². The van der Waals surface area contributed by atoms with Crippen molar-refractivity contribution in [3.8, 4) is 0 Å². The summed E-state index contributed by atoms with van der Waals surface area (Å²) in [4.78, 5) is 70.7. The highest BCUT2D eigenvalue weighted by atomic mass is 16.4. The molecule has 0 aliphatic rings. The number of amides is 3. The summed E-state index contributed by atoms with van der Waals surface area (Å²) >= 11 is 0. The zero-order chi connectivity index (χ0) is 28.5. The number of benzene rings is 1. The molecule has 0 aliphatic heterocycles. The third kappa shape index (κ3) is 8.13. The molecule has 3 rings (SSSR count). The fourth-order valence-electron chi connectivity index (χ4n) is 3.94. The first kappa shape index (κ1) is 28.8. The van der Waals surface area contributed by atoms with Crippen LogP contribution in [0.2, 0.25) is 0 Å². The summed E-state index contributed by atoms with van der Waals surface area (Å²) in [5, 5.41) is 26.7. The van der Waals surface area contributed by atoms with Crippen LogP contribution in [0.25, 0.3) is 10.9 Å². The van der Waals surface area contributed by atoms with E-state index in [4.69, 9.17) is 10.8 Å². The summed E-state index contributed by atoms with van der Waals surface area (Å²) in [5.74, 6) is -4.79. The molecule has 9 N–H and O–H groups in total. The van der Waals surface area contributed by atoms with E-state index in [9.17, 15) is 29.1 Å². The molecule has 14 nitrogen and oxygen atoms in total. The monoisotopic (exact) mass is 541 g/mol. The third-order valence-corrected chi connectivity index (χ3v) is 6.08. The Morgan fingerprint density at radius 2 is 1.67 bits per heavy atom. The van der Waals surface area contributed by atoms with Gasteiger partial charge in [-0.05, 0) is 31.4 Å². The van der Waals surface area contributed by atoms with Crippen LogP contribution in [0.15, 0.2) is 43.0 Å². The van der Waals surface area contributed by atoms with Gasteiger partial charge in [0.05, 0.1) is 12.4 Å². The number of fused-ring (bicyclic) bond motifs is 1. The van der Waals surface area contributed by atoms with Gasteiger partial charge in [-0.25, -0.2) is 9.78 Å². The lowest BCUT2D eigenvalue weighted by Crippen LogP contribution is -2.56. The molecular formula is C25H31N7O7. The number of nitrogens with zero attached hydrogens (tertiary/aromatic N) is 1. The zero-order valence-corrected chi connectivity index (χ0v) is 21.1. The van der Waals surface area contributed by atoms with Crippen LogP contribution >= 0.6 is 0 Å². The highest BCUT2D eigenvalue weighted by Crippen LogP contribution is 2.18. The van der Waals surface area contributed by atoms with Crippen molar-refractivity contribution in [3.05, 3.63) is 54.2 Å². The van der Waals surface area contributed by atoms with Crippen molar-refractivity contribution < 1.29 is 34.2 Å². The minimum absolute atomic E-state index is 0.110. The van der Waals surface area contributed by atoms with Crippen LogP contribution in [0, 0.1) is 0 Å². The first-order valence-corrected chi connectivity index (χ1v) is 12.2. The lowest BCUT2D eigenvalue weighted by molar-refractivity contribution is -0.143. The first-order chi connectivity index (χ1) is 18.5. The zero-order valence-electron chi connectivity index (χ0n) is 21.1. The molecule has 0 bridgehead atoms. The molecular weight excluding hydrogens is 510 g/mol. The van der Waals surface area contributed by atoms with E-state index in [1.807, 2.05) is 24.3 Å². The summed E-state index contributed by atoms with van der Waals surface area (Å²) < 4.78 is 0. The Morgan fingerprint density at radius 1 is 0.949 bits per heavy atom. The van der Waals surface area contributed by atoms with Crippen molar-refractivity contribution in [1.82, 2.24) is 30.9 Å². The summed E-state index contributed by atoms with van der Waals surface area (Å²) in [6.45, 7) is 1.39. The third-order valence-electron chi connectivity index (χ3n) is 6.08. The summed E-state index contributed by atoms with van der Waals surface area (Å²) in [5.41, 5.74) is 8.25. The average molecular weight is 542 g/mol. The van der Waals surface area contributed by atoms with Gasteiger partial charge in [-0.1, -0.05) is 18.2 Å². The molecule has 1 aromatic carbocycles. The van der Waals surface area contributed by atoms with Gasteiger partial charge in [-0.15, -0.1) is 0 Å². The number of hydrogen-bond donors (Lipinski definition) is 8. The van der Waals surface area contributed by atoms with Gasteiger partial charge in [0.1, 0.15) is 18.1 Å². The lowest BCUT2D eigenvalue weighted by atomic mass is 10.0. The Bertz CT molecular complexity index is 1320. The van der Waals surface area contributed by atoms with Crippen LogP contribution in [-0.4, -0.2) is 79.0 Å².